The van der Waals surface area contributed by atoms with Crippen LogP contribution in [-0.2, 0) is 6.42 Å². The quantitative estimate of drug-likeness (QED) is 0.717. The molecule has 3 rings (SSSR count). The van der Waals surface area contributed by atoms with E-state index in [2.05, 4.69) is 19.9 Å². The molecule has 1 aliphatic rings. The molecule has 3 heteroatoms. The van der Waals surface area contributed by atoms with Gasteiger partial charge in [0.1, 0.15) is 11.6 Å². The van der Waals surface area contributed by atoms with Crippen molar-refractivity contribution in [3.63, 3.8) is 0 Å². The van der Waals surface area contributed by atoms with Crippen molar-refractivity contribution in [1.29, 1.82) is 0 Å². The summed E-state index contributed by atoms with van der Waals surface area (Å²) in [5.74, 6) is 0.630. The zero-order chi connectivity index (χ0) is 18.7. The van der Waals surface area contributed by atoms with Gasteiger partial charge in [0.25, 0.3) is 0 Å². The fraction of sp³-hybridized carbons (Fsp3) is 0.348. The second-order valence-electron chi connectivity index (χ2n) is 7.29. The van der Waals surface area contributed by atoms with Gasteiger partial charge < -0.3 is 5.11 Å². The SMILES string of the molecule is CC1=NC(c2ccccc2O)C(CCc2ccccc2F)C=C1C(C)C. The molecule has 2 aromatic rings. The maximum atomic E-state index is 14.0. The number of aryl methyl sites for hydroxylation is 1. The molecule has 1 N–H and O–H groups in total. The van der Waals surface area contributed by atoms with Crippen LogP contribution < -0.4 is 0 Å². The summed E-state index contributed by atoms with van der Waals surface area (Å²) in [7, 11) is 0. The van der Waals surface area contributed by atoms with Crippen LogP contribution in [0.4, 0.5) is 4.39 Å². The molecule has 0 spiro atoms. The number of rotatable bonds is 5. The Morgan fingerprint density at radius 3 is 2.46 bits per heavy atom. The molecular formula is C23H26FNO. The van der Waals surface area contributed by atoms with Gasteiger partial charge in [0.15, 0.2) is 0 Å². The predicted octanol–water partition coefficient (Wildman–Crippen LogP) is 5.88. The number of para-hydroxylation sites is 1. The van der Waals surface area contributed by atoms with Gasteiger partial charge in [-0.25, -0.2) is 4.39 Å². The third-order valence-corrected chi connectivity index (χ3v) is 5.13. The number of benzene rings is 2. The second kappa shape index (κ2) is 7.86. The van der Waals surface area contributed by atoms with Gasteiger partial charge in [-0.2, -0.15) is 0 Å². The van der Waals surface area contributed by atoms with Gasteiger partial charge in [-0.1, -0.05) is 56.3 Å². The van der Waals surface area contributed by atoms with E-state index in [9.17, 15) is 9.50 Å². The van der Waals surface area contributed by atoms with E-state index in [1.54, 1.807) is 12.1 Å². The molecule has 0 aromatic heterocycles. The van der Waals surface area contributed by atoms with Crippen LogP contribution in [0.1, 0.15) is 44.4 Å². The van der Waals surface area contributed by atoms with E-state index in [0.29, 0.717) is 12.3 Å². The molecule has 0 saturated carbocycles. The van der Waals surface area contributed by atoms with Crippen molar-refractivity contribution in [3.8, 4) is 5.75 Å². The third-order valence-electron chi connectivity index (χ3n) is 5.13. The minimum absolute atomic E-state index is 0.129. The Kier molecular flexibility index (Phi) is 5.55. The molecule has 0 amide bonds. The summed E-state index contributed by atoms with van der Waals surface area (Å²) in [6.45, 7) is 6.37. The number of phenolic OH excluding ortho intramolecular Hbond substituents is 1. The van der Waals surface area contributed by atoms with E-state index < -0.39 is 0 Å². The first kappa shape index (κ1) is 18.4. The number of phenols is 1. The van der Waals surface area contributed by atoms with Crippen molar-refractivity contribution in [2.45, 2.75) is 39.7 Å². The van der Waals surface area contributed by atoms with Gasteiger partial charge in [-0.15, -0.1) is 0 Å². The second-order valence-corrected chi connectivity index (χ2v) is 7.29. The van der Waals surface area contributed by atoms with Gasteiger partial charge in [0.05, 0.1) is 6.04 Å². The van der Waals surface area contributed by atoms with Crippen molar-refractivity contribution < 1.29 is 9.50 Å². The Morgan fingerprint density at radius 2 is 1.77 bits per heavy atom. The molecule has 0 saturated heterocycles. The molecule has 0 bridgehead atoms. The Labute approximate surface area is 155 Å². The van der Waals surface area contributed by atoms with E-state index >= 15 is 0 Å². The van der Waals surface area contributed by atoms with Crippen LogP contribution in [-0.4, -0.2) is 10.8 Å². The number of halogens is 1. The lowest BCUT2D eigenvalue weighted by Crippen LogP contribution is -2.21. The highest BCUT2D eigenvalue weighted by atomic mass is 19.1. The molecule has 2 atom stereocenters. The maximum absolute atomic E-state index is 14.0. The van der Waals surface area contributed by atoms with Crippen molar-refractivity contribution in [2.75, 3.05) is 0 Å². The van der Waals surface area contributed by atoms with Crippen LogP contribution in [0, 0.1) is 17.7 Å². The van der Waals surface area contributed by atoms with Crippen LogP contribution in [0.15, 0.2) is 65.2 Å². The first-order valence-corrected chi connectivity index (χ1v) is 9.25. The van der Waals surface area contributed by atoms with Crippen molar-refractivity contribution in [3.05, 3.63) is 77.1 Å². The molecule has 1 heterocycles. The summed E-state index contributed by atoms with van der Waals surface area (Å²) in [6.07, 6.45) is 3.72. The smallest absolute Gasteiger partial charge is 0.126 e. The molecule has 2 aromatic carbocycles. The Balaban J connectivity index is 1.91. The summed E-state index contributed by atoms with van der Waals surface area (Å²) in [5.41, 5.74) is 3.84. The van der Waals surface area contributed by atoms with E-state index in [0.717, 1.165) is 23.3 Å². The minimum atomic E-state index is -0.157. The van der Waals surface area contributed by atoms with E-state index in [1.807, 2.05) is 37.3 Å². The van der Waals surface area contributed by atoms with Crippen molar-refractivity contribution >= 4 is 5.71 Å². The normalized spacial score (nSPS) is 20.0. The van der Waals surface area contributed by atoms with Crippen molar-refractivity contribution in [1.82, 2.24) is 0 Å². The highest BCUT2D eigenvalue weighted by Gasteiger charge is 2.28. The Morgan fingerprint density at radius 1 is 1.08 bits per heavy atom. The van der Waals surface area contributed by atoms with Gasteiger partial charge in [0, 0.05) is 17.2 Å². The average Bonchev–Trinajstić information content (AvgIpc) is 2.62. The maximum Gasteiger partial charge on any atom is 0.126 e. The monoisotopic (exact) mass is 351 g/mol. The predicted molar refractivity (Wildman–Crippen MR) is 105 cm³/mol. The zero-order valence-electron chi connectivity index (χ0n) is 15.6. The third kappa shape index (κ3) is 3.87. The summed E-state index contributed by atoms with van der Waals surface area (Å²) in [6, 6.07) is 14.2. The largest absolute Gasteiger partial charge is 0.508 e. The van der Waals surface area contributed by atoms with Gasteiger partial charge in [0.2, 0.25) is 0 Å². The van der Waals surface area contributed by atoms with E-state index in [4.69, 9.17) is 4.99 Å². The van der Waals surface area contributed by atoms with Crippen LogP contribution in [0.25, 0.3) is 0 Å². The van der Waals surface area contributed by atoms with Crippen LogP contribution in [0.2, 0.25) is 0 Å². The topological polar surface area (TPSA) is 32.6 Å². The Hall–Kier alpha value is -2.42. The summed E-state index contributed by atoms with van der Waals surface area (Å²) >= 11 is 0. The van der Waals surface area contributed by atoms with Gasteiger partial charge >= 0.3 is 0 Å². The fourth-order valence-corrected chi connectivity index (χ4v) is 3.73. The molecular weight excluding hydrogens is 325 g/mol. The molecule has 2 nitrogen and oxygen atoms in total. The number of nitrogens with zero attached hydrogens (tertiary/aromatic N) is 1. The summed E-state index contributed by atoms with van der Waals surface area (Å²) < 4.78 is 14.0. The highest BCUT2D eigenvalue weighted by Crippen LogP contribution is 2.40. The molecule has 0 aliphatic carbocycles. The minimum Gasteiger partial charge on any atom is -0.508 e. The standard InChI is InChI=1S/C23H26FNO/c1-15(2)20-14-18(13-12-17-8-4-6-10-21(17)24)23(25-16(20)3)19-9-5-7-11-22(19)26/h4-11,14-15,18,23,26H,12-13H2,1-3H3. The first-order chi connectivity index (χ1) is 12.5. The van der Waals surface area contributed by atoms with Crippen LogP contribution >= 0.6 is 0 Å². The lowest BCUT2D eigenvalue weighted by Gasteiger charge is -2.30. The van der Waals surface area contributed by atoms with Crippen molar-refractivity contribution in [2.24, 2.45) is 16.8 Å². The van der Waals surface area contributed by atoms with Crippen LogP contribution in [0.3, 0.4) is 0 Å². The first-order valence-electron chi connectivity index (χ1n) is 9.25. The lowest BCUT2D eigenvalue weighted by molar-refractivity contribution is 0.428. The molecule has 0 fully saturated rings. The van der Waals surface area contributed by atoms with E-state index in [-0.39, 0.29) is 23.5 Å². The number of dihydropyridines is 1. The number of hydrogen-bond donors (Lipinski definition) is 1. The molecule has 136 valence electrons. The average molecular weight is 351 g/mol. The molecule has 1 aliphatic heterocycles. The molecule has 0 radical (unpaired) electrons. The van der Waals surface area contributed by atoms with Crippen LogP contribution in [0.5, 0.6) is 5.75 Å². The number of allylic oxidation sites excluding steroid dienone is 1. The number of hydrogen-bond acceptors (Lipinski definition) is 2. The molecule has 26 heavy (non-hydrogen) atoms. The Bertz CT molecular complexity index is 838. The highest BCUT2D eigenvalue weighted by molar-refractivity contribution is 5.99. The lowest BCUT2D eigenvalue weighted by atomic mass is 9.81. The fourth-order valence-electron chi connectivity index (χ4n) is 3.73. The number of aliphatic imine (C=N–C) groups is 1. The molecule has 2 unspecified atom stereocenters. The summed E-state index contributed by atoms with van der Waals surface area (Å²) in [4.78, 5) is 4.93. The van der Waals surface area contributed by atoms with Gasteiger partial charge in [-0.05, 0) is 49.0 Å². The van der Waals surface area contributed by atoms with E-state index in [1.165, 1.54) is 11.6 Å². The van der Waals surface area contributed by atoms with Gasteiger partial charge in [-0.3, -0.25) is 4.99 Å². The number of aromatic hydroxyl groups is 1. The zero-order valence-corrected chi connectivity index (χ0v) is 15.6. The summed E-state index contributed by atoms with van der Waals surface area (Å²) in [5, 5.41) is 10.3.